The summed E-state index contributed by atoms with van der Waals surface area (Å²) in [5, 5.41) is 18.3. The molecule has 0 saturated carbocycles. The molecule has 28 heavy (non-hydrogen) atoms. The van der Waals surface area contributed by atoms with Crippen LogP contribution in [0.2, 0.25) is 0 Å². The Morgan fingerprint density at radius 3 is 2.46 bits per heavy atom. The maximum Gasteiger partial charge on any atom is 0.316 e. The molecule has 2 rings (SSSR count). The molecule has 1 N–H and O–H groups in total. The van der Waals surface area contributed by atoms with Gasteiger partial charge in [-0.05, 0) is 24.1 Å². The Bertz CT molecular complexity index is 845. The summed E-state index contributed by atoms with van der Waals surface area (Å²) >= 11 is 6.33. The molecule has 1 aliphatic carbocycles. The molecule has 0 bridgehead atoms. The first-order valence-electron chi connectivity index (χ1n) is 8.73. The number of nitriles is 1. The number of allylic oxidation sites excluding steroid dienone is 1. The number of rotatable bonds is 8. The van der Waals surface area contributed by atoms with Crippen LogP contribution in [0.25, 0.3) is 0 Å². The van der Waals surface area contributed by atoms with Gasteiger partial charge in [-0.2, -0.15) is 5.26 Å². The molecule has 0 saturated heterocycles. The molecule has 2 atom stereocenters. The van der Waals surface area contributed by atoms with E-state index >= 15 is 4.39 Å². The number of carboxylic acid groups (broad SMARTS) is 1. The minimum absolute atomic E-state index is 0.107. The fourth-order valence-electron chi connectivity index (χ4n) is 3.00. The lowest BCUT2D eigenvalue weighted by atomic mass is 9.77. The molecule has 0 fully saturated rings. The first kappa shape index (κ1) is 22.0. The third-order valence-corrected chi connectivity index (χ3v) is 5.13. The molecule has 2 unspecified atom stereocenters. The Labute approximate surface area is 165 Å². The van der Waals surface area contributed by atoms with Gasteiger partial charge in [0.1, 0.15) is 16.6 Å². The molecule has 8 heteroatoms. The maximum absolute atomic E-state index is 15.3. The molecule has 1 aromatic carbocycles. The van der Waals surface area contributed by atoms with Gasteiger partial charge in [-0.25, -0.2) is 13.2 Å². The van der Waals surface area contributed by atoms with E-state index in [0.29, 0.717) is 6.42 Å². The van der Waals surface area contributed by atoms with Gasteiger partial charge in [0, 0.05) is 12.2 Å². The van der Waals surface area contributed by atoms with Crippen molar-refractivity contribution in [2.45, 2.75) is 31.1 Å². The minimum atomic E-state index is -2.50. The Hall–Kier alpha value is -2.30. The number of carbonyl (C=O) groups is 1. The topological polar surface area (TPSA) is 70.3 Å². The number of ether oxygens (including phenoxy) is 1. The molecule has 4 nitrogen and oxygen atoms in total. The van der Waals surface area contributed by atoms with E-state index in [1.165, 1.54) is 24.3 Å². The quantitative estimate of drug-likeness (QED) is 0.464. The lowest BCUT2D eigenvalue weighted by molar-refractivity contribution is -0.142. The van der Waals surface area contributed by atoms with Crippen molar-refractivity contribution in [3.63, 3.8) is 0 Å². The van der Waals surface area contributed by atoms with Crippen molar-refractivity contribution in [1.29, 1.82) is 5.26 Å². The highest BCUT2D eigenvalue weighted by Gasteiger charge is 2.55. The van der Waals surface area contributed by atoms with Crippen LogP contribution in [0.15, 0.2) is 47.3 Å². The predicted octanol–water partition coefficient (Wildman–Crippen LogP) is 5.29. The zero-order chi connectivity index (χ0) is 20.9. The van der Waals surface area contributed by atoms with E-state index in [1.54, 1.807) is 0 Å². The Kier molecular flexibility index (Phi) is 7.28. The van der Waals surface area contributed by atoms with E-state index in [9.17, 15) is 18.7 Å². The molecular weight excluding hydrogens is 395 g/mol. The number of hydrogen-bond donors (Lipinski definition) is 1. The molecule has 0 aliphatic heterocycles. The minimum Gasteiger partial charge on any atom is -0.481 e. The molecular formula is C20H19ClF3NO3. The highest BCUT2D eigenvalue weighted by molar-refractivity contribution is 6.27. The van der Waals surface area contributed by atoms with Crippen molar-refractivity contribution in [3.05, 3.63) is 58.4 Å². The standard InChI is InChI=1S/C20H19ClF3NO3/c1-2-3-4-9-28-11-14-16(22)17(23)15(19(26)27)20(21,18(14)24)13-7-5-12(10-25)6-8-13/h5-8,15H,2-4,9,11H2,1H3,(H,26,27). The fraction of sp³-hybridized carbons (Fsp3) is 0.400. The van der Waals surface area contributed by atoms with Gasteiger partial charge >= 0.3 is 5.97 Å². The molecule has 1 aromatic rings. The van der Waals surface area contributed by atoms with Gasteiger partial charge in [0.05, 0.1) is 18.2 Å². The van der Waals surface area contributed by atoms with Crippen molar-refractivity contribution in [3.8, 4) is 6.07 Å². The Balaban J connectivity index is 2.49. The maximum atomic E-state index is 15.3. The summed E-state index contributed by atoms with van der Waals surface area (Å²) in [5.74, 6) is -8.71. The van der Waals surface area contributed by atoms with Gasteiger partial charge in [-0.15, -0.1) is 11.6 Å². The normalized spacial score (nSPS) is 22.4. The summed E-state index contributed by atoms with van der Waals surface area (Å²) in [6.07, 6.45) is 2.45. The monoisotopic (exact) mass is 413 g/mol. The SMILES string of the molecule is CCCCCOCC1=C(F)C(Cl)(c2ccc(C#N)cc2)C(C(=O)O)C(F)=C1F. The number of benzene rings is 1. The first-order valence-corrected chi connectivity index (χ1v) is 9.11. The average molecular weight is 414 g/mol. The molecule has 0 aromatic heterocycles. The van der Waals surface area contributed by atoms with Crippen molar-refractivity contribution >= 4 is 17.6 Å². The van der Waals surface area contributed by atoms with Crippen LogP contribution in [0.5, 0.6) is 0 Å². The first-order chi connectivity index (χ1) is 13.3. The third-order valence-electron chi connectivity index (χ3n) is 4.53. The fourth-order valence-corrected chi connectivity index (χ4v) is 3.43. The van der Waals surface area contributed by atoms with Crippen LogP contribution < -0.4 is 0 Å². The number of halogens is 4. The van der Waals surface area contributed by atoms with E-state index in [-0.39, 0.29) is 17.7 Å². The molecule has 1 aliphatic rings. The number of hydrogen-bond acceptors (Lipinski definition) is 3. The summed E-state index contributed by atoms with van der Waals surface area (Å²) in [6.45, 7) is 1.62. The number of nitrogens with zero attached hydrogens (tertiary/aromatic N) is 1. The highest BCUT2D eigenvalue weighted by atomic mass is 35.5. The average Bonchev–Trinajstić information content (AvgIpc) is 2.68. The summed E-state index contributed by atoms with van der Waals surface area (Å²) in [7, 11) is 0. The lowest BCUT2D eigenvalue weighted by Crippen LogP contribution is -2.40. The third kappa shape index (κ3) is 4.08. The van der Waals surface area contributed by atoms with Crippen molar-refractivity contribution < 1.29 is 27.8 Å². The zero-order valence-electron chi connectivity index (χ0n) is 15.1. The highest BCUT2D eigenvalue weighted by Crippen LogP contribution is 2.53. The predicted molar refractivity (Wildman–Crippen MR) is 97.5 cm³/mol. The largest absolute Gasteiger partial charge is 0.481 e. The molecule has 0 heterocycles. The van der Waals surface area contributed by atoms with Crippen LogP contribution >= 0.6 is 11.6 Å². The van der Waals surface area contributed by atoms with Gasteiger partial charge in [0.2, 0.25) is 0 Å². The van der Waals surface area contributed by atoms with Crippen LogP contribution in [-0.2, 0) is 14.4 Å². The molecule has 150 valence electrons. The Morgan fingerprint density at radius 1 is 1.29 bits per heavy atom. The Morgan fingerprint density at radius 2 is 1.93 bits per heavy atom. The van der Waals surface area contributed by atoms with Crippen molar-refractivity contribution in [2.24, 2.45) is 5.92 Å². The van der Waals surface area contributed by atoms with Crippen LogP contribution in [0.4, 0.5) is 13.2 Å². The van der Waals surface area contributed by atoms with E-state index in [0.717, 1.165) is 12.8 Å². The van der Waals surface area contributed by atoms with Crippen LogP contribution in [-0.4, -0.2) is 24.3 Å². The van der Waals surface area contributed by atoms with Crippen LogP contribution in [0.3, 0.4) is 0 Å². The van der Waals surface area contributed by atoms with E-state index < -0.39 is 46.4 Å². The summed E-state index contributed by atoms with van der Waals surface area (Å²) < 4.78 is 49.5. The number of carboxylic acids is 1. The number of unbranched alkanes of at least 4 members (excludes halogenated alkanes) is 2. The number of alkyl halides is 1. The second kappa shape index (κ2) is 9.26. The van der Waals surface area contributed by atoms with Gasteiger partial charge in [0.15, 0.2) is 11.7 Å². The second-order valence-corrected chi connectivity index (χ2v) is 6.98. The number of aliphatic carboxylic acids is 1. The van der Waals surface area contributed by atoms with Gasteiger partial charge in [-0.1, -0.05) is 31.9 Å². The smallest absolute Gasteiger partial charge is 0.316 e. The molecule has 0 amide bonds. The summed E-state index contributed by atoms with van der Waals surface area (Å²) in [5.41, 5.74) is -0.632. The summed E-state index contributed by atoms with van der Waals surface area (Å²) in [6, 6.07) is 6.88. The molecule has 0 spiro atoms. The van der Waals surface area contributed by atoms with E-state index in [1.807, 2.05) is 13.0 Å². The second-order valence-electron chi connectivity index (χ2n) is 6.39. The lowest BCUT2D eigenvalue weighted by Gasteiger charge is -2.35. The summed E-state index contributed by atoms with van der Waals surface area (Å²) in [4.78, 5) is 9.11. The van der Waals surface area contributed by atoms with Crippen LogP contribution in [0, 0.1) is 17.2 Å². The van der Waals surface area contributed by atoms with Crippen LogP contribution in [0.1, 0.15) is 37.3 Å². The van der Waals surface area contributed by atoms with E-state index in [2.05, 4.69) is 0 Å². The van der Waals surface area contributed by atoms with Crippen molar-refractivity contribution in [1.82, 2.24) is 0 Å². The molecule has 0 radical (unpaired) electrons. The van der Waals surface area contributed by atoms with E-state index in [4.69, 9.17) is 21.6 Å². The van der Waals surface area contributed by atoms with Gasteiger partial charge in [-0.3, -0.25) is 4.79 Å². The van der Waals surface area contributed by atoms with Crippen molar-refractivity contribution in [2.75, 3.05) is 13.2 Å². The van der Waals surface area contributed by atoms with Gasteiger partial charge in [0.25, 0.3) is 0 Å². The zero-order valence-corrected chi connectivity index (χ0v) is 15.9. The van der Waals surface area contributed by atoms with Gasteiger partial charge < -0.3 is 9.84 Å².